The molecule has 0 saturated carbocycles. The fourth-order valence-electron chi connectivity index (χ4n) is 1.89. The Balaban J connectivity index is 2.62. The molecule has 0 saturated heterocycles. The number of hydrogen-bond acceptors (Lipinski definition) is 2. The number of ether oxygens (including phenoxy) is 1. The number of terminal acetylenes is 1. The smallest absolute Gasteiger partial charge is 0.148 e. The lowest BCUT2D eigenvalue weighted by molar-refractivity contribution is 0.368. The maximum absolute atomic E-state index is 5.95. The monoisotopic (exact) mass is 225 g/mol. The van der Waals surface area contributed by atoms with Gasteiger partial charge in [-0.2, -0.15) is 0 Å². The van der Waals surface area contributed by atoms with Gasteiger partial charge in [0.15, 0.2) is 0 Å². The fourth-order valence-corrected chi connectivity index (χ4v) is 1.89. The molecular formula is C15H15NO. The first-order valence-electron chi connectivity index (χ1n) is 5.57. The van der Waals surface area contributed by atoms with E-state index in [-0.39, 0.29) is 12.6 Å². The van der Waals surface area contributed by atoms with Crippen LogP contribution >= 0.6 is 0 Å². The first-order chi connectivity index (χ1) is 8.24. The Kier molecular flexibility index (Phi) is 3.32. The Hall–Kier alpha value is -1.98. The normalized spacial score (nSPS) is 12.1. The molecule has 0 aliphatic carbocycles. The molecule has 2 aromatic rings. The molecule has 2 aromatic carbocycles. The van der Waals surface area contributed by atoms with Crippen LogP contribution in [-0.2, 0) is 0 Å². The summed E-state index contributed by atoms with van der Waals surface area (Å²) < 4.78 is 5.64. The minimum absolute atomic E-state index is 0.0765. The van der Waals surface area contributed by atoms with Crippen LogP contribution in [0.2, 0.25) is 0 Å². The highest BCUT2D eigenvalue weighted by Crippen LogP contribution is 2.32. The molecule has 0 aromatic heterocycles. The van der Waals surface area contributed by atoms with Crippen LogP contribution in [0.4, 0.5) is 0 Å². The maximum atomic E-state index is 5.95. The summed E-state index contributed by atoms with van der Waals surface area (Å²) in [4.78, 5) is 0. The van der Waals surface area contributed by atoms with Gasteiger partial charge in [-0.05, 0) is 12.3 Å². The molecule has 0 amide bonds. The predicted octanol–water partition coefficient (Wildman–Crippen LogP) is 2.87. The van der Waals surface area contributed by atoms with Crippen LogP contribution in [0.1, 0.15) is 18.5 Å². The van der Waals surface area contributed by atoms with Gasteiger partial charge in [0.05, 0.1) is 0 Å². The molecular weight excluding hydrogens is 210 g/mol. The lowest BCUT2D eigenvalue weighted by Gasteiger charge is -2.15. The zero-order valence-corrected chi connectivity index (χ0v) is 9.81. The molecule has 1 atom stereocenters. The summed E-state index contributed by atoms with van der Waals surface area (Å²) in [6, 6.07) is 12.0. The van der Waals surface area contributed by atoms with Gasteiger partial charge in [0, 0.05) is 17.0 Å². The maximum Gasteiger partial charge on any atom is 0.148 e. The summed E-state index contributed by atoms with van der Waals surface area (Å²) in [6.45, 7) is 2.20. The van der Waals surface area contributed by atoms with Crippen LogP contribution in [0.15, 0.2) is 36.4 Å². The van der Waals surface area contributed by atoms with Crippen LogP contribution in [-0.4, -0.2) is 6.61 Å². The van der Waals surface area contributed by atoms with E-state index in [2.05, 4.69) is 12.0 Å². The molecule has 2 heteroatoms. The number of fused-ring (bicyclic) bond motifs is 1. The third-order valence-electron chi connectivity index (χ3n) is 2.70. The van der Waals surface area contributed by atoms with Crippen molar-refractivity contribution in [2.45, 2.75) is 13.0 Å². The third-order valence-corrected chi connectivity index (χ3v) is 2.70. The molecule has 0 fully saturated rings. The van der Waals surface area contributed by atoms with Crippen LogP contribution < -0.4 is 10.5 Å². The minimum atomic E-state index is -0.0765. The molecule has 0 aliphatic heterocycles. The Morgan fingerprint density at radius 2 is 2.06 bits per heavy atom. The molecule has 2 nitrogen and oxygen atoms in total. The first kappa shape index (κ1) is 11.5. The van der Waals surface area contributed by atoms with Gasteiger partial charge in [0.25, 0.3) is 0 Å². The number of rotatable bonds is 3. The van der Waals surface area contributed by atoms with Gasteiger partial charge >= 0.3 is 0 Å². The SMILES string of the molecule is C#CCOc1c(C(C)N)ccc2ccccc12. The van der Waals surface area contributed by atoms with E-state index in [0.29, 0.717) is 0 Å². The summed E-state index contributed by atoms with van der Waals surface area (Å²) in [5, 5.41) is 2.18. The average molecular weight is 225 g/mol. The number of nitrogens with two attached hydrogens (primary N) is 1. The van der Waals surface area contributed by atoms with Gasteiger partial charge in [0.2, 0.25) is 0 Å². The molecule has 0 bridgehead atoms. The van der Waals surface area contributed by atoms with Gasteiger partial charge in [0.1, 0.15) is 12.4 Å². The predicted molar refractivity (Wildman–Crippen MR) is 70.9 cm³/mol. The second kappa shape index (κ2) is 4.90. The van der Waals surface area contributed by atoms with Crippen molar-refractivity contribution in [2.24, 2.45) is 5.73 Å². The molecule has 2 rings (SSSR count). The van der Waals surface area contributed by atoms with Crippen molar-refractivity contribution in [2.75, 3.05) is 6.61 Å². The number of benzene rings is 2. The lowest BCUT2D eigenvalue weighted by atomic mass is 10.0. The van der Waals surface area contributed by atoms with E-state index >= 15 is 0 Å². The molecule has 0 heterocycles. The molecule has 0 spiro atoms. The van der Waals surface area contributed by atoms with Crippen LogP contribution in [0.5, 0.6) is 5.75 Å². The topological polar surface area (TPSA) is 35.2 Å². The highest BCUT2D eigenvalue weighted by Gasteiger charge is 2.11. The molecule has 1 unspecified atom stereocenters. The zero-order valence-electron chi connectivity index (χ0n) is 9.81. The van der Waals surface area contributed by atoms with Crippen molar-refractivity contribution >= 4 is 10.8 Å². The van der Waals surface area contributed by atoms with Gasteiger partial charge in [-0.3, -0.25) is 0 Å². The van der Waals surface area contributed by atoms with E-state index in [4.69, 9.17) is 16.9 Å². The fraction of sp³-hybridized carbons (Fsp3) is 0.200. The van der Waals surface area contributed by atoms with Gasteiger partial charge in [-0.1, -0.05) is 42.3 Å². The van der Waals surface area contributed by atoms with Crippen LogP contribution in [0.3, 0.4) is 0 Å². The quantitative estimate of drug-likeness (QED) is 0.815. The first-order valence-corrected chi connectivity index (χ1v) is 5.57. The van der Waals surface area contributed by atoms with Gasteiger partial charge < -0.3 is 10.5 Å². The third kappa shape index (κ3) is 2.25. The molecule has 2 N–H and O–H groups in total. The van der Waals surface area contributed by atoms with E-state index in [1.807, 2.05) is 37.3 Å². The van der Waals surface area contributed by atoms with Crippen molar-refractivity contribution in [3.63, 3.8) is 0 Å². The summed E-state index contributed by atoms with van der Waals surface area (Å²) in [7, 11) is 0. The second-order valence-corrected chi connectivity index (χ2v) is 3.99. The Labute approximate surface area is 101 Å². The zero-order chi connectivity index (χ0) is 12.3. The highest BCUT2D eigenvalue weighted by molar-refractivity contribution is 5.89. The Morgan fingerprint density at radius 3 is 2.76 bits per heavy atom. The number of hydrogen-bond donors (Lipinski definition) is 1. The molecule has 17 heavy (non-hydrogen) atoms. The Morgan fingerprint density at radius 1 is 1.29 bits per heavy atom. The van der Waals surface area contributed by atoms with Crippen molar-refractivity contribution < 1.29 is 4.74 Å². The van der Waals surface area contributed by atoms with Crippen LogP contribution in [0, 0.1) is 12.3 Å². The molecule has 0 aliphatic rings. The van der Waals surface area contributed by atoms with E-state index in [0.717, 1.165) is 22.1 Å². The van der Waals surface area contributed by atoms with Crippen molar-refractivity contribution in [3.8, 4) is 18.1 Å². The van der Waals surface area contributed by atoms with E-state index in [9.17, 15) is 0 Å². The largest absolute Gasteiger partial charge is 0.480 e. The van der Waals surface area contributed by atoms with E-state index in [1.54, 1.807) is 0 Å². The summed E-state index contributed by atoms with van der Waals surface area (Å²) in [5.74, 6) is 3.29. The van der Waals surface area contributed by atoms with Crippen LogP contribution in [0.25, 0.3) is 10.8 Å². The lowest BCUT2D eigenvalue weighted by Crippen LogP contribution is -2.08. The minimum Gasteiger partial charge on any atom is -0.480 e. The Bertz CT molecular complexity index is 567. The molecule has 86 valence electrons. The van der Waals surface area contributed by atoms with Crippen molar-refractivity contribution in [1.82, 2.24) is 0 Å². The highest BCUT2D eigenvalue weighted by atomic mass is 16.5. The standard InChI is InChI=1S/C15H15NO/c1-3-10-17-15-13(11(2)16)9-8-12-6-4-5-7-14(12)15/h1,4-9,11H,10,16H2,2H3. The van der Waals surface area contributed by atoms with Gasteiger partial charge in [-0.15, -0.1) is 6.42 Å². The van der Waals surface area contributed by atoms with E-state index in [1.165, 1.54) is 0 Å². The van der Waals surface area contributed by atoms with Crippen molar-refractivity contribution in [3.05, 3.63) is 42.0 Å². The van der Waals surface area contributed by atoms with Crippen molar-refractivity contribution in [1.29, 1.82) is 0 Å². The summed E-state index contributed by atoms with van der Waals surface area (Å²) in [5.41, 5.74) is 6.93. The molecule has 0 radical (unpaired) electrons. The summed E-state index contributed by atoms with van der Waals surface area (Å²) >= 11 is 0. The summed E-state index contributed by atoms with van der Waals surface area (Å²) in [6.07, 6.45) is 5.24. The average Bonchev–Trinajstić information content (AvgIpc) is 2.35. The second-order valence-electron chi connectivity index (χ2n) is 3.99. The van der Waals surface area contributed by atoms with E-state index < -0.39 is 0 Å². The van der Waals surface area contributed by atoms with Gasteiger partial charge in [-0.25, -0.2) is 0 Å².